The van der Waals surface area contributed by atoms with Gasteiger partial charge in [0, 0.05) is 25.9 Å². The quantitative estimate of drug-likeness (QED) is 0.453. The molecule has 0 heterocycles. The number of ether oxygens (including phenoxy) is 1. The lowest BCUT2D eigenvalue weighted by Gasteiger charge is -2.11. The van der Waals surface area contributed by atoms with Gasteiger partial charge in [-0.1, -0.05) is 30.4 Å². The van der Waals surface area contributed by atoms with E-state index in [2.05, 4.69) is 4.74 Å². The maximum Gasteiger partial charge on any atom is 0.330 e. The Kier molecular flexibility index (Phi) is 5.01. The molecule has 0 N–H and O–H groups in total. The highest BCUT2D eigenvalue weighted by Gasteiger charge is 1.93. The SMILES string of the molecule is COC(=O)/C=C/C=C/c1ccc(N(C)C)cc1. The van der Waals surface area contributed by atoms with E-state index in [0.717, 1.165) is 11.3 Å². The van der Waals surface area contributed by atoms with E-state index in [1.165, 1.54) is 13.2 Å². The Labute approximate surface area is 102 Å². The second-order valence-corrected chi connectivity index (χ2v) is 3.73. The number of nitrogens with zero attached hydrogens (tertiary/aromatic N) is 1. The smallest absolute Gasteiger partial charge is 0.330 e. The third kappa shape index (κ3) is 4.55. The molecule has 0 spiro atoms. The third-order valence-corrected chi connectivity index (χ3v) is 2.24. The van der Waals surface area contributed by atoms with E-state index in [0.29, 0.717) is 0 Å². The molecule has 0 aromatic heterocycles. The Hall–Kier alpha value is -2.03. The molecule has 0 saturated heterocycles. The van der Waals surface area contributed by atoms with Gasteiger partial charge in [0.25, 0.3) is 0 Å². The van der Waals surface area contributed by atoms with Crippen molar-refractivity contribution >= 4 is 17.7 Å². The zero-order chi connectivity index (χ0) is 12.7. The zero-order valence-electron chi connectivity index (χ0n) is 10.4. The Morgan fingerprint density at radius 3 is 2.35 bits per heavy atom. The van der Waals surface area contributed by atoms with Crippen LogP contribution >= 0.6 is 0 Å². The van der Waals surface area contributed by atoms with Crippen LogP contribution in [0, 0.1) is 0 Å². The average Bonchev–Trinajstić information content (AvgIpc) is 2.34. The van der Waals surface area contributed by atoms with Crippen molar-refractivity contribution in [2.75, 3.05) is 26.1 Å². The van der Waals surface area contributed by atoms with Gasteiger partial charge in [0.05, 0.1) is 7.11 Å². The van der Waals surface area contributed by atoms with Gasteiger partial charge in [0.2, 0.25) is 0 Å². The van der Waals surface area contributed by atoms with E-state index in [-0.39, 0.29) is 5.97 Å². The van der Waals surface area contributed by atoms with Crippen molar-refractivity contribution in [1.82, 2.24) is 0 Å². The topological polar surface area (TPSA) is 29.5 Å². The van der Waals surface area contributed by atoms with Crippen molar-refractivity contribution in [2.24, 2.45) is 0 Å². The van der Waals surface area contributed by atoms with E-state index < -0.39 is 0 Å². The van der Waals surface area contributed by atoms with Crippen LogP contribution < -0.4 is 4.90 Å². The first-order valence-corrected chi connectivity index (χ1v) is 5.33. The lowest BCUT2D eigenvalue weighted by atomic mass is 10.2. The molecule has 0 unspecified atom stereocenters. The van der Waals surface area contributed by atoms with Gasteiger partial charge in [-0.25, -0.2) is 4.79 Å². The maximum atomic E-state index is 10.8. The number of benzene rings is 1. The second-order valence-electron chi connectivity index (χ2n) is 3.73. The van der Waals surface area contributed by atoms with Crippen molar-refractivity contribution in [3.05, 3.63) is 48.1 Å². The van der Waals surface area contributed by atoms with Crippen LogP contribution in [0.4, 0.5) is 5.69 Å². The summed E-state index contributed by atoms with van der Waals surface area (Å²) < 4.78 is 4.48. The van der Waals surface area contributed by atoms with Crippen molar-refractivity contribution in [1.29, 1.82) is 0 Å². The van der Waals surface area contributed by atoms with Crippen molar-refractivity contribution in [3.63, 3.8) is 0 Å². The summed E-state index contributed by atoms with van der Waals surface area (Å²) in [6.45, 7) is 0. The molecule has 0 fully saturated rings. The van der Waals surface area contributed by atoms with Crippen molar-refractivity contribution < 1.29 is 9.53 Å². The average molecular weight is 231 g/mol. The summed E-state index contributed by atoms with van der Waals surface area (Å²) in [5.41, 5.74) is 2.25. The highest BCUT2D eigenvalue weighted by Crippen LogP contribution is 2.12. The molecule has 3 heteroatoms. The monoisotopic (exact) mass is 231 g/mol. The normalized spacial score (nSPS) is 11.0. The predicted octanol–water partition coefficient (Wildman–Crippen LogP) is 2.50. The molecule has 90 valence electrons. The molecule has 0 atom stereocenters. The summed E-state index contributed by atoms with van der Waals surface area (Å²) in [6.07, 6.45) is 6.77. The molecule has 0 amide bonds. The number of carbonyl (C=O) groups is 1. The number of allylic oxidation sites excluding steroid dienone is 2. The fraction of sp³-hybridized carbons (Fsp3) is 0.214. The van der Waals surface area contributed by atoms with E-state index in [1.807, 2.05) is 55.4 Å². The molecule has 3 nitrogen and oxygen atoms in total. The van der Waals surface area contributed by atoms with Gasteiger partial charge in [0.15, 0.2) is 0 Å². The number of hydrogen-bond donors (Lipinski definition) is 0. The largest absolute Gasteiger partial charge is 0.466 e. The van der Waals surface area contributed by atoms with Gasteiger partial charge in [0.1, 0.15) is 0 Å². The van der Waals surface area contributed by atoms with Crippen molar-refractivity contribution in [3.8, 4) is 0 Å². The van der Waals surface area contributed by atoms with E-state index in [1.54, 1.807) is 6.08 Å². The summed E-state index contributed by atoms with van der Waals surface area (Å²) >= 11 is 0. The summed E-state index contributed by atoms with van der Waals surface area (Å²) in [4.78, 5) is 12.8. The maximum absolute atomic E-state index is 10.8. The van der Waals surface area contributed by atoms with Gasteiger partial charge in [-0.15, -0.1) is 0 Å². The minimum atomic E-state index is -0.349. The number of methoxy groups -OCH3 is 1. The second kappa shape index (κ2) is 6.53. The molecular weight excluding hydrogens is 214 g/mol. The Morgan fingerprint density at radius 1 is 1.18 bits per heavy atom. The van der Waals surface area contributed by atoms with Crippen LogP contribution in [0.25, 0.3) is 6.08 Å². The highest BCUT2D eigenvalue weighted by molar-refractivity contribution is 5.82. The lowest BCUT2D eigenvalue weighted by molar-refractivity contribution is -0.134. The first kappa shape index (κ1) is 13.0. The van der Waals surface area contributed by atoms with Crippen molar-refractivity contribution in [2.45, 2.75) is 0 Å². The first-order valence-electron chi connectivity index (χ1n) is 5.33. The van der Waals surface area contributed by atoms with Crippen LogP contribution in [0.5, 0.6) is 0 Å². The van der Waals surface area contributed by atoms with Crippen LogP contribution in [-0.2, 0) is 9.53 Å². The molecule has 0 saturated carbocycles. The number of rotatable bonds is 4. The number of anilines is 1. The Balaban J connectivity index is 2.60. The molecule has 0 aliphatic rings. The van der Waals surface area contributed by atoms with Gasteiger partial charge < -0.3 is 9.64 Å². The van der Waals surface area contributed by atoms with Crippen LogP contribution in [-0.4, -0.2) is 27.2 Å². The number of esters is 1. The first-order chi connectivity index (χ1) is 8.13. The molecule has 0 radical (unpaired) electrons. The Bertz CT molecular complexity index is 416. The molecule has 0 aliphatic heterocycles. The van der Waals surface area contributed by atoms with Gasteiger partial charge in [-0.05, 0) is 17.7 Å². The van der Waals surface area contributed by atoms with Gasteiger partial charge >= 0.3 is 5.97 Å². The number of hydrogen-bond acceptors (Lipinski definition) is 3. The summed E-state index contributed by atoms with van der Waals surface area (Å²) in [5.74, 6) is -0.349. The molecule has 1 aromatic rings. The Morgan fingerprint density at radius 2 is 1.82 bits per heavy atom. The zero-order valence-corrected chi connectivity index (χ0v) is 10.4. The lowest BCUT2D eigenvalue weighted by Crippen LogP contribution is -2.07. The van der Waals surface area contributed by atoms with E-state index >= 15 is 0 Å². The summed E-state index contributed by atoms with van der Waals surface area (Å²) in [7, 11) is 5.37. The molecule has 1 rings (SSSR count). The minimum Gasteiger partial charge on any atom is -0.466 e. The summed E-state index contributed by atoms with van der Waals surface area (Å²) in [5, 5.41) is 0. The summed E-state index contributed by atoms with van der Waals surface area (Å²) in [6, 6.07) is 8.14. The number of carbonyl (C=O) groups excluding carboxylic acids is 1. The van der Waals surface area contributed by atoms with E-state index in [4.69, 9.17) is 0 Å². The molecule has 0 bridgehead atoms. The molecular formula is C14H17NO2. The van der Waals surface area contributed by atoms with Crippen LogP contribution in [0.1, 0.15) is 5.56 Å². The molecule has 17 heavy (non-hydrogen) atoms. The van der Waals surface area contributed by atoms with E-state index in [9.17, 15) is 4.79 Å². The van der Waals surface area contributed by atoms with Gasteiger partial charge in [-0.3, -0.25) is 0 Å². The van der Waals surface area contributed by atoms with Gasteiger partial charge in [-0.2, -0.15) is 0 Å². The fourth-order valence-electron chi connectivity index (χ4n) is 1.25. The molecule has 1 aromatic carbocycles. The minimum absolute atomic E-state index is 0.349. The predicted molar refractivity (Wildman–Crippen MR) is 71.0 cm³/mol. The van der Waals surface area contributed by atoms with Crippen LogP contribution in [0.2, 0.25) is 0 Å². The molecule has 0 aliphatic carbocycles. The van der Waals surface area contributed by atoms with Crippen LogP contribution in [0.3, 0.4) is 0 Å². The fourth-order valence-corrected chi connectivity index (χ4v) is 1.25. The highest BCUT2D eigenvalue weighted by atomic mass is 16.5. The third-order valence-electron chi connectivity index (χ3n) is 2.24. The van der Waals surface area contributed by atoms with Crippen LogP contribution in [0.15, 0.2) is 42.5 Å². The standard InChI is InChI=1S/C14H17NO2/c1-15(2)13-10-8-12(9-11-13)6-4-5-7-14(16)17-3/h4-11H,1-3H3/b6-4+,7-5+.